The minimum absolute atomic E-state index is 0.268. The number of amides is 2. The van der Waals surface area contributed by atoms with Gasteiger partial charge in [0.25, 0.3) is 0 Å². The number of carbonyl (C=O) groups excluding carboxylic acids is 2. The van der Waals surface area contributed by atoms with E-state index in [1.807, 2.05) is 0 Å². The summed E-state index contributed by atoms with van der Waals surface area (Å²) in [5, 5.41) is 5.33. The van der Waals surface area contributed by atoms with Gasteiger partial charge in [-0.25, -0.2) is 19.0 Å². The molecule has 22 heavy (non-hydrogen) atoms. The van der Waals surface area contributed by atoms with E-state index >= 15 is 0 Å². The molecule has 6 nitrogen and oxygen atoms in total. The fourth-order valence-corrected chi connectivity index (χ4v) is 2.48. The number of aromatic nitrogens is 1. The zero-order valence-corrected chi connectivity index (χ0v) is 12.8. The first-order valence-electron chi connectivity index (χ1n) is 6.47. The molecule has 0 saturated heterocycles. The van der Waals surface area contributed by atoms with E-state index in [4.69, 9.17) is 4.74 Å². The van der Waals surface area contributed by atoms with E-state index < -0.39 is 12.0 Å². The van der Waals surface area contributed by atoms with E-state index in [0.717, 1.165) is 11.3 Å². The molecule has 1 heterocycles. The van der Waals surface area contributed by atoms with Crippen molar-refractivity contribution in [1.29, 1.82) is 0 Å². The number of carbonyl (C=O) groups is 2. The Labute approximate surface area is 130 Å². The predicted molar refractivity (Wildman–Crippen MR) is 81.8 cm³/mol. The van der Waals surface area contributed by atoms with E-state index in [2.05, 4.69) is 15.6 Å². The summed E-state index contributed by atoms with van der Waals surface area (Å²) in [5.41, 5.74) is 0.929. The third-order valence-electron chi connectivity index (χ3n) is 2.58. The summed E-state index contributed by atoms with van der Waals surface area (Å²) in [6.07, 6.45) is 0. The maximum absolute atomic E-state index is 12.8. The Morgan fingerprint density at radius 3 is 2.59 bits per heavy atom. The standard InChI is InChI=1S/C14H14FN3O3S/c1-3-21-12(19)11-8(2)16-14(22-11)18-13(20)17-10-6-4-9(15)5-7-10/h4-7H,3H2,1-2H3,(H2,16,17,18,20). The molecule has 2 N–H and O–H groups in total. The lowest BCUT2D eigenvalue weighted by Crippen LogP contribution is -2.19. The summed E-state index contributed by atoms with van der Waals surface area (Å²) in [7, 11) is 0. The molecule has 0 atom stereocenters. The molecule has 116 valence electrons. The molecule has 0 aliphatic heterocycles. The molecule has 0 bridgehead atoms. The molecule has 2 aromatic rings. The average molecular weight is 323 g/mol. The van der Waals surface area contributed by atoms with Gasteiger partial charge >= 0.3 is 12.0 Å². The maximum atomic E-state index is 12.8. The number of halogens is 1. The number of hydrogen-bond acceptors (Lipinski definition) is 5. The van der Waals surface area contributed by atoms with Crippen molar-refractivity contribution in [2.75, 3.05) is 17.2 Å². The number of esters is 1. The molecule has 2 amide bonds. The van der Waals surface area contributed by atoms with Gasteiger partial charge in [0.2, 0.25) is 0 Å². The van der Waals surface area contributed by atoms with Gasteiger partial charge in [-0.2, -0.15) is 0 Å². The second-order valence-electron chi connectivity index (χ2n) is 4.24. The molecular formula is C14H14FN3O3S. The number of thiazole rings is 1. The Kier molecular flexibility index (Phi) is 5.05. The van der Waals surface area contributed by atoms with Crippen LogP contribution < -0.4 is 10.6 Å². The number of anilines is 2. The first-order valence-corrected chi connectivity index (χ1v) is 7.29. The number of ether oxygens (including phenoxy) is 1. The lowest BCUT2D eigenvalue weighted by atomic mass is 10.3. The van der Waals surface area contributed by atoms with Crippen LogP contribution in [-0.2, 0) is 4.74 Å². The van der Waals surface area contributed by atoms with E-state index in [1.54, 1.807) is 13.8 Å². The highest BCUT2D eigenvalue weighted by molar-refractivity contribution is 7.17. The highest BCUT2D eigenvalue weighted by Crippen LogP contribution is 2.23. The largest absolute Gasteiger partial charge is 0.462 e. The molecule has 8 heteroatoms. The van der Waals surface area contributed by atoms with Crippen LogP contribution in [0.3, 0.4) is 0 Å². The zero-order valence-electron chi connectivity index (χ0n) is 12.0. The first kappa shape index (κ1) is 15.9. The van der Waals surface area contributed by atoms with Crippen molar-refractivity contribution < 1.29 is 18.7 Å². The van der Waals surface area contributed by atoms with Gasteiger partial charge in [0.05, 0.1) is 12.3 Å². The predicted octanol–water partition coefficient (Wildman–Crippen LogP) is 3.41. The van der Waals surface area contributed by atoms with Crippen molar-refractivity contribution in [2.24, 2.45) is 0 Å². The maximum Gasteiger partial charge on any atom is 0.350 e. The molecule has 0 fully saturated rings. The minimum Gasteiger partial charge on any atom is -0.462 e. The number of hydrogen-bond donors (Lipinski definition) is 2. The van der Waals surface area contributed by atoms with Crippen LogP contribution in [0, 0.1) is 12.7 Å². The monoisotopic (exact) mass is 323 g/mol. The molecule has 0 saturated carbocycles. The molecule has 0 unspecified atom stereocenters. The molecule has 0 aliphatic carbocycles. The minimum atomic E-state index is -0.532. The summed E-state index contributed by atoms with van der Waals surface area (Å²) in [6.45, 7) is 3.64. The van der Waals surface area contributed by atoms with Crippen LogP contribution in [0.25, 0.3) is 0 Å². The Balaban J connectivity index is 2.01. The van der Waals surface area contributed by atoms with Crippen LogP contribution in [-0.4, -0.2) is 23.6 Å². The Morgan fingerprint density at radius 2 is 1.95 bits per heavy atom. The van der Waals surface area contributed by atoms with Gasteiger partial charge in [-0.15, -0.1) is 0 Å². The second kappa shape index (κ2) is 6.99. The molecule has 0 radical (unpaired) electrons. The Hall–Kier alpha value is -2.48. The second-order valence-corrected chi connectivity index (χ2v) is 5.24. The zero-order chi connectivity index (χ0) is 16.1. The van der Waals surface area contributed by atoms with Gasteiger partial charge in [-0.3, -0.25) is 5.32 Å². The number of urea groups is 1. The summed E-state index contributed by atoms with van der Waals surface area (Å²) >= 11 is 1.03. The number of nitrogens with zero attached hydrogens (tertiary/aromatic N) is 1. The van der Waals surface area contributed by atoms with Crippen molar-refractivity contribution in [1.82, 2.24) is 4.98 Å². The highest BCUT2D eigenvalue weighted by Gasteiger charge is 2.17. The molecule has 0 aliphatic rings. The quantitative estimate of drug-likeness (QED) is 0.845. The van der Waals surface area contributed by atoms with E-state index in [9.17, 15) is 14.0 Å². The third kappa shape index (κ3) is 4.01. The average Bonchev–Trinajstić information content (AvgIpc) is 2.82. The summed E-state index contributed by atoms with van der Waals surface area (Å²) in [6, 6.07) is 4.82. The Morgan fingerprint density at radius 1 is 1.27 bits per heavy atom. The number of aryl methyl sites for hydroxylation is 1. The number of nitrogens with one attached hydrogen (secondary N) is 2. The summed E-state index contributed by atoms with van der Waals surface area (Å²) < 4.78 is 17.7. The van der Waals surface area contributed by atoms with Crippen molar-refractivity contribution >= 4 is 34.2 Å². The Bertz CT molecular complexity index is 685. The smallest absolute Gasteiger partial charge is 0.350 e. The molecule has 1 aromatic heterocycles. The van der Waals surface area contributed by atoms with E-state index in [-0.39, 0.29) is 17.6 Å². The van der Waals surface area contributed by atoms with Crippen LogP contribution in [0.2, 0.25) is 0 Å². The van der Waals surface area contributed by atoms with Crippen LogP contribution >= 0.6 is 11.3 Å². The SMILES string of the molecule is CCOC(=O)c1sc(NC(=O)Nc2ccc(F)cc2)nc1C. The molecule has 2 rings (SSSR count). The highest BCUT2D eigenvalue weighted by atomic mass is 32.1. The third-order valence-corrected chi connectivity index (χ3v) is 3.63. The van der Waals surface area contributed by atoms with Crippen molar-refractivity contribution in [3.63, 3.8) is 0 Å². The lowest BCUT2D eigenvalue weighted by Gasteiger charge is -2.04. The molecular weight excluding hydrogens is 309 g/mol. The lowest BCUT2D eigenvalue weighted by molar-refractivity contribution is 0.0531. The van der Waals surface area contributed by atoms with E-state index in [1.165, 1.54) is 24.3 Å². The fourth-order valence-electron chi connectivity index (χ4n) is 1.63. The van der Waals surface area contributed by atoms with Gasteiger partial charge in [-0.1, -0.05) is 11.3 Å². The summed E-state index contributed by atoms with van der Waals surface area (Å²) in [4.78, 5) is 27.9. The fraction of sp³-hybridized carbons (Fsp3) is 0.214. The van der Waals surface area contributed by atoms with Gasteiger partial charge in [0, 0.05) is 5.69 Å². The normalized spacial score (nSPS) is 10.1. The van der Waals surface area contributed by atoms with Gasteiger partial charge < -0.3 is 10.1 Å². The van der Waals surface area contributed by atoms with Gasteiger partial charge in [0.15, 0.2) is 5.13 Å². The van der Waals surface area contributed by atoms with Crippen LogP contribution in [0.4, 0.5) is 20.0 Å². The first-order chi connectivity index (χ1) is 10.5. The van der Waals surface area contributed by atoms with Crippen molar-refractivity contribution in [3.8, 4) is 0 Å². The molecule has 0 spiro atoms. The van der Waals surface area contributed by atoms with Crippen LogP contribution in [0.15, 0.2) is 24.3 Å². The van der Waals surface area contributed by atoms with Crippen molar-refractivity contribution in [2.45, 2.75) is 13.8 Å². The van der Waals surface area contributed by atoms with Gasteiger partial charge in [0.1, 0.15) is 10.7 Å². The number of rotatable bonds is 4. The van der Waals surface area contributed by atoms with Crippen LogP contribution in [0.5, 0.6) is 0 Å². The van der Waals surface area contributed by atoms with E-state index in [0.29, 0.717) is 16.3 Å². The summed E-state index contributed by atoms with van der Waals surface area (Å²) in [5.74, 6) is -0.856. The van der Waals surface area contributed by atoms with Crippen molar-refractivity contribution in [3.05, 3.63) is 40.7 Å². The van der Waals surface area contributed by atoms with Gasteiger partial charge in [-0.05, 0) is 38.1 Å². The van der Waals surface area contributed by atoms with Crippen LogP contribution in [0.1, 0.15) is 22.3 Å². The number of benzene rings is 1. The molecule has 1 aromatic carbocycles. The topological polar surface area (TPSA) is 80.3 Å².